The summed E-state index contributed by atoms with van der Waals surface area (Å²) >= 11 is 0. The molecule has 2 aromatic rings. The van der Waals surface area contributed by atoms with Gasteiger partial charge in [-0.15, -0.1) is 0 Å². The van der Waals surface area contributed by atoms with Crippen LogP contribution in [0, 0.1) is 6.92 Å². The number of primary amides is 1. The Balaban J connectivity index is 2.25. The van der Waals surface area contributed by atoms with Gasteiger partial charge in [0.25, 0.3) is 0 Å². The topological polar surface area (TPSA) is 72.9 Å². The average Bonchev–Trinajstić information content (AvgIpc) is 2.78. The molecule has 1 amide bonds. The summed E-state index contributed by atoms with van der Waals surface area (Å²) < 4.78 is 2.06. The van der Waals surface area contributed by atoms with Crippen molar-refractivity contribution in [3.8, 4) is 5.69 Å². The molecule has 0 bridgehead atoms. The van der Waals surface area contributed by atoms with Crippen LogP contribution in [0.2, 0.25) is 0 Å². The third-order valence-corrected chi connectivity index (χ3v) is 3.35. The molecule has 106 valence electrons. The van der Waals surface area contributed by atoms with Gasteiger partial charge in [-0.2, -0.15) is 0 Å². The van der Waals surface area contributed by atoms with Crippen LogP contribution in [0.1, 0.15) is 25.4 Å². The second-order valence-electron chi connectivity index (χ2n) is 5.31. The molecule has 20 heavy (non-hydrogen) atoms. The number of aryl methyl sites for hydroxylation is 1. The molecular weight excluding hydrogens is 252 g/mol. The maximum atomic E-state index is 11.3. The predicted molar refractivity (Wildman–Crippen MR) is 78.4 cm³/mol. The second-order valence-corrected chi connectivity index (χ2v) is 5.31. The van der Waals surface area contributed by atoms with Gasteiger partial charge in [0.1, 0.15) is 5.82 Å². The molecule has 0 aliphatic rings. The summed E-state index contributed by atoms with van der Waals surface area (Å²) in [5, 5.41) is 3.16. The molecule has 0 aliphatic heterocycles. The molecule has 5 nitrogen and oxygen atoms in total. The molecule has 1 aromatic carbocycles. The number of para-hydroxylation sites is 1. The number of carbonyl (C=O) groups is 1. The predicted octanol–water partition coefficient (Wildman–Crippen LogP) is 1.53. The van der Waals surface area contributed by atoms with Gasteiger partial charge >= 0.3 is 0 Å². The number of nitrogens with zero attached hydrogens (tertiary/aromatic N) is 2. The third kappa shape index (κ3) is 2.88. The van der Waals surface area contributed by atoms with Crippen molar-refractivity contribution in [2.75, 3.05) is 0 Å². The summed E-state index contributed by atoms with van der Waals surface area (Å²) in [5.41, 5.74) is 6.66. The van der Waals surface area contributed by atoms with Gasteiger partial charge in [-0.05, 0) is 32.9 Å². The zero-order valence-corrected chi connectivity index (χ0v) is 12.1. The SMILES string of the molecule is Cc1ncc(CNC(C)(C)C(N)=O)n1-c1ccccc1. The Bertz CT molecular complexity index is 602. The first-order valence-corrected chi connectivity index (χ1v) is 6.55. The van der Waals surface area contributed by atoms with Crippen LogP contribution in [0.5, 0.6) is 0 Å². The van der Waals surface area contributed by atoms with Crippen LogP contribution in [0.15, 0.2) is 36.5 Å². The van der Waals surface area contributed by atoms with Crippen molar-refractivity contribution >= 4 is 5.91 Å². The summed E-state index contributed by atoms with van der Waals surface area (Å²) in [5.74, 6) is 0.532. The van der Waals surface area contributed by atoms with Crippen LogP contribution in [0.25, 0.3) is 5.69 Å². The number of carbonyl (C=O) groups excluding carboxylic acids is 1. The molecular formula is C15H20N4O. The van der Waals surface area contributed by atoms with Crippen LogP contribution in [-0.4, -0.2) is 21.0 Å². The number of aromatic nitrogens is 2. The Morgan fingerprint density at radius 3 is 2.60 bits per heavy atom. The van der Waals surface area contributed by atoms with Gasteiger partial charge in [-0.1, -0.05) is 18.2 Å². The Morgan fingerprint density at radius 1 is 1.35 bits per heavy atom. The summed E-state index contributed by atoms with van der Waals surface area (Å²) in [6, 6.07) is 10.00. The van der Waals surface area contributed by atoms with E-state index in [1.54, 1.807) is 13.8 Å². The summed E-state index contributed by atoms with van der Waals surface area (Å²) in [7, 11) is 0. The maximum absolute atomic E-state index is 11.3. The monoisotopic (exact) mass is 272 g/mol. The van der Waals surface area contributed by atoms with Gasteiger partial charge in [0.2, 0.25) is 5.91 Å². The van der Waals surface area contributed by atoms with Crippen molar-refractivity contribution < 1.29 is 4.79 Å². The highest BCUT2D eigenvalue weighted by Gasteiger charge is 2.24. The zero-order valence-electron chi connectivity index (χ0n) is 12.1. The van der Waals surface area contributed by atoms with E-state index < -0.39 is 5.54 Å². The largest absolute Gasteiger partial charge is 0.368 e. The highest BCUT2D eigenvalue weighted by Crippen LogP contribution is 2.15. The van der Waals surface area contributed by atoms with E-state index in [0.717, 1.165) is 17.2 Å². The van der Waals surface area contributed by atoms with Gasteiger partial charge in [0.05, 0.1) is 17.4 Å². The van der Waals surface area contributed by atoms with Gasteiger partial charge in [-0.3, -0.25) is 14.7 Å². The normalized spacial score (nSPS) is 11.6. The Labute approximate surface area is 118 Å². The van der Waals surface area contributed by atoms with Crippen molar-refractivity contribution in [3.05, 3.63) is 48.0 Å². The zero-order chi connectivity index (χ0) is 14.8. The number of nitrogens with one attached hydrogen (secondary N) is 1. The molecule has 0 fully saturated rings. The molecule has 0 radical (unpaired) electrons. The molecule has 0 unspecified atom stereocenters. The Kier molecular flexibility index (Phi) is 3.90. The standard InChI is InChI=1S/C15H20N4O/c1-11-17-9-13(10-18-15(2,3)14(16)20)19(11)12-7-5-4-6-8-12/h4-9,18H,10H2,1-3H3,(H2,16,20). The molecule has 0 atom stereocenters. The van der Waals surface area contributed by atoms with E-state index in [2.05, 4.69) is 14.9 Å². The molecule has 5 heteroatoms. The van der Waals surface area contributed by atoms with E-state index in [-0.39, 0.29) is 5.91 Å². The first-order valence-electron chi connectivity index (χ1n) is 6.55. The lowest BCUT2D eigenvalue weighted by atomic mass is 10.1. The van der Waals surface area contributed by atoms with E-state index in [9.17, 15) is 4.79 Å². The lowest BCUT2D eigenvalue weighted by Gasteiger charge is -2.22. The van der Waals surface area contributed by atoms with E-state index >= 15 is 0 Å². The summed E-state index contributed by atoms with van der Waals surface area (Å²) in [6.45, 7) is 6.01. The lowest BCUT2D eigenvalue weighted by Crippen LogP contribution is -2.50. The molecule has 3 N–H and O–H groups in total. The van der Waals surface area contributed by atoms with E-state index in [1.165, 1.54) is 0 Å². The summed E-state index contributed by atoms with van der Waals surface area (Å²) in [6.07, 6.45) is 1.81. The van der Waals surface area contributed by atoms with Crippen LogP contribution < -0.4 is 11.1 Å². The molecule has 1 heterocycles. The highest BCUT2D eigenvalue weighted by atomic mass is 16.1. The number of hydrogen-bond donors (Lipinski definition) is 2. The fourth-order valence-corrected chi connectivity index (χ4v) is 1.94. The summed E-state index contributed by atoms with van der Waals surface area (Å²) in [4.78, 5) is 15.7. The van der Waals surface area contributed by atoms with E-state index in [4.69, 9.17) is 5.73 Å². The first-order chi connectivity index (χ1) is 9.42. The van der Waals surface area contributed by atoms with Crippen molar-refractivity contribution in [3.63, 3.8) is 0 Å². The smallest absolute Gasteiger partial charge is 0.237 e. The van der Waals surface area contributed by atoms with E-state index in [0.29, 0.717) is 6.54 Å². The van der Waals surface area contributed by atoms with Crippen LogP contribution in [0.4, 0.5) is 0 Å². The number of imidazole rings is 1. The molecule has 2 rings (SSSR count). The second kappa shape index (κ2) is 5.46. The fourth-order valence-electron chi connectivity index (χ4n) is 1.94. The van der Waals surface area contributed by atoms with Gasteiger partial charge in [0, 0.05) is 12.2 Å². The highest BCUT2D eigenvalue weighted by molar-refractivity contribution is 5.83. The molecule has 1 aromatic heterocycles. The van der Waals surface area contributed by atoms with Gasteiger partial charge < -0.3 is 5.73 Å². The number of nitrogens with two attached hydrogens (primary N) is 1. The number of hydrogen-bond acceptors (Lipinski definition) is 3. The minimum absolute atomic E-state index is 0.375. The Morgan fingerprint density at radius 2 is 2.00 bits per heavy atom. The van der Waals surface area contributed by atoms with E-state index in [1.807, 2.05) is 43.5 Å². The van der Waals surface area contributed by atoms with Crippen LogP contribution >= 0.6 is 0 Å². The maximum Gasteiger partial charge on any atom is 0.237 e. The molecule has 0 aliphatic carbocycles. The van der Waals surface area contributed by atoms with Crippen molar-refractivity contribution in [2.45, 2.75) is 32.9 Å². The van der Waals surface area contributed by atoms with Crippen LogP contribution in [0.3, 0.4) is 0 Å². The fraction of sp³-hybridized carbons (Fsp3) is 0.333. The lowest BCUT2D eigenvalue weighted by molar-refractivity contribution is -0.123. The quantitative estimate of drug-likeness (QED) is 0.867. The molecule has 0 spiro atoms. The van der Waals surface area contributed by atoms with Crippen LogP contribution in [-0.2, 0) is 11.3 Å². The third-order valence-electron chi connectivity index (χ3n) is 3.35. The number of amides is 1. The van der Waals surface area contributed by atoms with Crippen molar-refractivity contribution in [2.24, 2.45) is 5.73 Å². The number of rotatable bonds is 5. The van der Waals surface area contributed by atoms with Crippen molar-refractivity contribution in [1.82, 2.24) is 14.9 Å². The molecule has 0 saturated carbocycles. The van der Waals surface area contributed by atoms with Gasteiger partial charge in [-0.25, -0.2) is 4.98 Å². The minimum atomic E-state index is -0.750. The average molecular weight is 272 g/mol. The minimum Gasteiger partial charge on any atom is -0.368 e. The van der Waals surface area contributed by atoms with Gasteiger partial charge in [0.15, 0.2) is 0 Å². The number of benzene rings is 1. The van der Waals surface area contributed by atoms with Crippen molar-refractivity contribution in [1.29, 1.82) is 0 Å². The Hall–Kier alpha value is -2.14. The first kappa shape index (κ1) is 14.3. The molecule has 0 saturated heterocycles.